The zero-order valence-electron chi connectivity index (χ0n) is 18.6. The first-order valence-electron chi connectivity index (χ1n) is 10.7. The largest absolute Gasteiger partial charge is 0.474 e. The van der Waals surface area contributed by atoms with Crippen LogP contribution >= 0.6 is 11.6 Å². The summed E-state index contributed by atoms with van der Waals surface area (Å²) in [6.07, 6.45) is 4.51. The maximum atomic E-state index is 11.5. The van der Waals surface area contributed by atoms with Crippen LogP contribution in [0.1, 0.15) is 33.6 Å². The highest BCUT2D eigenvalue weighted by Crippen LogP contribution is 2.29. The SMILES string of the molecule is CCOC(=O)CCCn1cc2cc(-c3noc(-c4cnc(OC(C)C)c(Cl)c4)n3)ccc2n1. The van der Waals surface area contributed by atoms with Crippen LogP contribution < -0.4 is 4.74 Å². The highest BCUT2D eigenvalue weighted by Gasteiger charge is 2.15. The second kappa shape index (κ2) is 9.99. The Morgan fingerprint density at radius 2 is 2.09 bits per heavy atom. The van der Waals surface area contributed by atoms with Gasteiger partial charge in [0.05, 0.1) is 23.8 Å². The van der Waals surface area contributed by atoms with Crippen LogP contribution in [0.4, 0.5) is 0 Å². The zero-order valence-corrected chi connectivity index (χ0v) is 19.4. The van der Waals surface area contributed by atoms with Crippen LogP contribution in [0.25, 0.3) is 33.7 Å². The van der Waals surface area contributed by atoms with Gasteiger partial charge >= 0.3 is 5.97 Å². The van der Waals surface area contributed by atoms with Gasteiger partial charge in [0.1, 0.15) is 5.02 Å². The van der Waals surface area contributed by atoms with Gasteiger partial charge in [0, 0.05) is 36.3 Å². The predicted molar refractivity (Wildman–Crippen MR) is 123 cm³/mol. The van der Waals surface area contributed by atoms with E-state index in [1.165, 1.54) is 0 Å². The lowest BCUT2D eigenvalue weighted by Gasteiger charge is -2.09. The molecular weight excluding hydrogens is 446 g/mol. The van der Waals surface area contributed by atoms with E-state index in [4.69, 9.17) is 25.6 Å². The number of ether oxygens (including phenoxy) is 2. The van der Waals surface area contributed by atoms with Crippen LogP contribution in [0.2, 0.25) is 5.02 Å². The summed E-state index contributed by atoms with van der Waals surface area (Å²) in [5.74, 6) is 0.925. The van der Waals surface area contributed by atoms with Crippen molar-refractivity contribution in [1.29, 1.82) is 0 Å². The first-order valence-corrected chi connectivity index (χ1v) is 11.1. The third-order valence-electron chi connectivity index (χ3n) is 4.71. The monoisotopic (exact) mass is 469 g/mol. The number of pyridine rings is 1. The summed E-state index contributed by atoms with van der Waals surface area (Å²) in [6.45, 7) is 6.62. The van der Waals surface area contributed by atoms with E-state index in [0.717, 1.165) is 16.5 Å². The minimum absolute atomic E-state index is 0.0345. The Bertz CT molecular complexity index is 1270. The summed E-state index contributed by atoms with van der Waals surface area (Å²) in [5.41, 5.74) is 2.24. The van der Waals surface area contributed by atoms with E-state index in [0.29, 0.717) is 54.2 Å². The van der Waals surface area contributed by atoms with Gasteiger partial charge in [-0.2, -0.15) is 10.1 Å². The Morgan fingerprint density at radius 1 is 1.24 bits per heavy atom. The molecule has 172 valence electrons. The van der Waals surface area contributed by atoms with Crippen LogP contribution in [0, 0.1) is 0 Å². The zero-order chi connectivity index (χ0) is 23.4. The van der Waals surface area contributed by atoms with Gasteiger partial charge in [-0.3, -0.25) is 9.48 Å². The van der Waals surface area contributed by atoms with Gasteiger partial charge < -0.3 is 14.0 Å². The van der Waals surface area contributed by atoms with Gasteiger partial charge in [-0.25, -0.2) is 4.98 Å². The van der Waals surface area contributed by atoms with E-state index in [-0.39, 0.29) is 12.1 Å². The molecule has 1 aromatic carbocycles. The van der Waals surface area contributed by atoms with Crippen molar-refractivity contribution in [1.82, 2.24) is 24.9 Å². The molecule has 3 heterocycles. The topological polar surface area (TPSA) is 105 Å². The quantitative estimate of drug-likeness (QED) is 0.317. The molecule has 0 aliphatic carbocycles. The molecule has 0 N–H and O–H groups in total. The fourth-order valence-electron chi connectivity index (χ4n) is 3.26. The third-order valence-corrected chi connectivity index (χ3v) is 4.98. The highest BCUT2D eigenvalue weighted by atomic mass is 35.5. The van der Waals surface area contributed by atoms with Crippen molar-refractivity contribution in [3.63, 3.8) is 0 Å². The number of aromatic nitrogens is 5. The average molecular weight is 470 g/mol. The molecule has 9 nitrogen and oxygen atoms in total. The van der Waals surface area contributed by atoms with E-state index in [2.05, 4.69) is 20.2 Å². The molecule has 3 aromatic heterocycles. The van der Waals surface area contributed by atoms with Crippen molar-refractivity contribution in [3.8, 4) is 28.7 Å². The number of rotatable bonds is 9. The van der Waals surface area contributed by atoms with Crippen molar-refractivity contribution < 1.29 is 18.8 Å². The molecule has 0 fully saturated rings. The van der Waals surface area contributed by atoms with E-state index >= 15 is 0 Å². The number of halogens is 1. The molecule has 0 amide bonds. The minimum atomic E-state index is -0.192. The van der Waals surface area contributed by atoms with Gasteiger partial charge in [0.15, 0.2) is 0 Å². The Labute approximate surface area is 195 Å². The summed E-state index contributed by atoms with van der Waals surface area (Å²) in [7, 11) is 0. The summed E-state index contributed by atoms with van der Waals surface area (Å²) >= 11 is 6.27. The normalized spacial score (nSPS) is 11.3. The van der Waals surface area contributed by atoms with Gasteiger partial charge in [-0.1, -0.05) is 16.8 Å². The maximum absolute atomic E-state index is 11.5. The number of aryl methyl sites for hydroxylation is 1. The number of hydrogen-bond acceptors (Lipinski definition) is 8. The second-order valence-corrected chi connectivity index (χ2v) is 8.08. The molecule has 0 saturated carbocycles. The molecule has 0 aliphatic rings. The molecule has 33 heavy (non-hydrogen) atoms. The number of nitrogens with zero attached hydrogens (tertiary/aromatic N) is 5. The van der Waals surface area contributed by atoms with E-state index < -0.39 is 0 Å². The molecule has 0 spiro atoms. The smallest absolute Gasteiger partial charge is 0.305 e. The van der Waals surface area contributed by atoms with Crippen molar-refractivity contribution >= 4 is 28.5 Å². The molecule has 0 atom stereocenters. The molecule has 4 aromatic rings. The lowest BCUT2D eigenvalue weighted by Crippen LogP contribution is -2.07. The standard InChI is InChI=1S/C23H24ClN5O4/c1-4-31-20(30)6-5-9-29-13-17-10-15(7-8-19(17)27-29)21-26-22(33-28-21)16-11-18(24)23(25-12-16)32-14(2)3/h7-8,10-14H,4-6,9H2,1-3H3. The van der Waals surface area contributed by atoms with Gasteiger partial charge in [0.2, 0.25) is 11.7 Å². The summed E-state index contributed by atoms with van der Waals surface area (Å²) < 4.78 is 17.8. The fraction of sp³-hybridized carbons (Fsp3) is 0.348. The Balaban J connectivity index is 1.48. The molecule has 0 unspecified atom stereocenters. The molecular formula is C23H24ClN5O4. The van der Waals surface area contributed by atoms with Crippen LogP contribution in [0.15, 0.2) is 41.2 Å². The van der Waals surface area contributed by atoms with Crippen LogP contribution in [0.3, 0.4) is 0 Å². The van der Waals surface area contributed by atoms with Crippen molar-refractivity contribution in [2.24, 2.45) is 0 Å². The molecule has 4 rings (SSSR count). The minimum Gasteiger partial charge on any atom is -0.474 e. The van der Waals surface area contributed by atoms with Crippen molar-refractivity contribution in [2.75, 3.05) is 6.61 Å². The van der Waals surface area contributed by atoms with Gasteiger partial charge in [-0.05, 0) is 51.5 Å². The number of benzene rings is 1. The third kappa shape index (κ3) is 5.48. The molecule has 0 aliphatic heterocycles. The second-order valence-electron chi connectivity index (χ2n) is 7.68. The maximum Gasteiger partial charge on any atom is 0.305 e. The van der Waals surface area contributed by atoms with Crippen molar-refractivity contribution in [3.05, 3.63) is 41.7 Å². The Hall–Kier alpha value is -3.46. The Kier molecular flexibility index (Phi) is 6.88. The number of carbonyl (C=O) groups is 1. The summed E-state index contributed by atoms with van der Waals surface area (Å²) in [6, 6.07) is 7.42. The first kappa shape index (κ1) is 22.7. The number of fused-ring (bicyclic) bond motifs is 1. The lowest BCUT2D eigenvalue weighted by molar-refractivity contribution is -0.143. The number of carbonyl (C=O) groups excluding carboxylic acids is 1. The highest BCUT2D eigenvalue weighted by molar-refractivity contribution is 6.32. The van der Waals surface area contributed by atoms with Crippen molar-refractivity contribution in [2.45, 2.75) is 46.3 Å². The van der Waals surface area contributed by atoms with Gasteiger partial charge in [-0.15, -0.1) is 0 Å². The number of esters is 1. The van der Waals surface area contributed by atoms with E-state index in [9.17, 15) is 4.79 Å². The lowest BCUT2D eigenvalue weighted by atomic mass is 10.1. The van der Waals surface area contributed by atoms with E-state index in [1.54, 1.807) is 19.2 Å². The Morgan fingerprint density at radius 3 is 2.85 bits per heavy atom. The summed E-state index contributed by atoms with van der Waals surface area (Å²) in [4.78, 5) is 20.2. The van der Waals surface area contributed by atoms with Crippen LogP contribution in [-0.4, -0.2) is 43.6 Å². The van der Waals surface area contributed by atoms with Crippen LogP contribution in [-0.2, 0) is 16.1 Å². The summed E-state index contributed by atoms with van der Waals surface area (Å²) in [5, 5.41) is 9.96. The molecule has 0 saturated heterocycles. The molecule has 10 heteroatoms. The van der Waals surface area contributed by atoms with Crippen LogP contribution in [0.5, 0.6) is 5.88 Å². The molecule has 0 bridgehead atoms. The predicted octanol–water partition coefficient (Wildman–Crippen LogP) is 4.93. The van der Waals surface area contributed by atoms with E-state index in [1.807, 2.05) is 42.9 Å². The number of hydrogen-bond donors (Lipinski definition) is 0. The van der Waals surface area contributed by atoms with Gasteiger partial charge in [0.25, 0.3) is 5.89 Å². The average Bonchev–Trinajstić information content (AvgIpc) is 3.41. The molecule has 0 radical (unpaired) electrons. The fourth-order valence-corrected chi connectivity index (χ4v) is 3.47. The first-order chi connectivity index (χ1) is 15.9.